The highest BCUT2D eigenvalue weighted by molar-refractivity contribution is 7.17. The Bertz CT molecular complexity index is 949. The normalized spacial score (nSPS) is 10.6. The number of thiazole rings is 1. The van der Waals surface area contributed by atoms with E-state index in [0.29, 0.717) is 27.9 Å². The molecule has 134 valence electrons. The molecule has 0 unspecified atom stereocenters. The number of aryl methyl sites for hydroxylation is 1. The van der Waals surface area contributed by atoms with Crippen molar-refractivity contribution < 1.29 is 14.3 Å². The molecule has 8 nitrogen and oxygen atoms in total. The Morgan fingerprint density at radius 1 is 1.23 bits per heavy atom. The molecule has 1 aromatic carbocycles. The van der Waals surface area contributed by atoms with Crippen molar-refractivity contribution in [3.05, 3.63) is 57.9 Å². The van der Waals surface area contributed by atoms with Gasteiger partial charge in [0.25, 0.3) is 5.91 Å². The van der Waals surface area contributed by atoms with Gasteiger partial charge in [-0.3, -0.25) is 10.1 Å². The average molecular weight is 371 g/mol. The Labute approximate surface area is 153 Å². The van der Waals surface area contributed by atoms with E-state index in [1.807, 2.05) is 30.3 Å². The van der Waals surface area contributed by atoms with E-state index in [2.05, 4.69) is 20.6 Å². The van der Waals surface area contributed by atoms with Gasteiger partial charge in [-0.15, -0.1) is 5.10 Å². The summed E-state index contributed by atoms with van der Waals surface area (Å²) in [4.78, 5) is 28.7. The molecule has 1 N–H and O–H groups in total. The monoisotopic (exact) mass is 371 g/mol. The largest absolute Gasteiger partial charge is 0.465 e. The van der Waals surface area contributed by atoms with Crippen molar-refractivity contribution in [2.75, 3.05) is 12.4 Å². The van der Waals surface area contributed by atoms with E-state index in [-0.39, 0.29) is 5.69 Å². The second-order valence-electron chi connectivity index (χ2n) is 5.55. The lowest BCUT2D eigenvalue weighted by molar-refractivity contribution is 0.0605. The maximum Gasteiger partial charge on any atom is 0.350 e. The molecule has 3 rings (SSSR count). The minimum Gasteiger partial charge on any atom is -0.465 e. The number of methoxy groups -OCH3 is 1. The van der Waals surface area contributed by atoms with Crippen molar-refractivity contribution in [2.45, 2.75) is 20.4 Å². The van der Waals surface area contributed by atoms with E-state index in [1.165, 1.54) is 7.11 Å². The molecule has 0 atom stereocenters. The Kier molecular flexibility index (Phi) is 5.08. The van der Waals surface area contributed by atoms with Crippen LogP contribution >= 0.6 is 11.3 Å². The van der Waals surface area contributed by atoms with Gasteiger partial charge in [0.05, 0.1) is 25.0 Å². The summed E-state index contributed by atoms with van der Waals surface area (Å²) in [6.07, 6.45) is 0. The van der Waals surface area contributed by atoms with E-state index >= 15 is 0 Å². The zero-order valence-corrected chi connectivity index (χ0v) is 15.3. The third kappa shape index (κ3) is 3.62. The third-order valence-corrected chi connectivity index (χ3v) is 4.81. The summed E-state index contributed by atoms with van der Waals surface area (Å²) >= 11 is 1.06. The van der Waals surface area contributed by atoms with Crippen LogP contribution in [0.4, 0.5) is 5.13 Å². The summed E-state index contributed by atoms with van der Waals surface area (Å²) in [6, 6.07) is 9.79. The minimum absolute atomic E-state index is 0.216. The molecule has 2 aromatic heterocycles. The zero-order valence-electron chi connectivity index (χ0n) is 14.5. The lowest BCUT2D eigenvalue weighted by atomic mass is 10.2. The topological polar surface area (TPSA) is 99.0 Å². The third-order valence-electron chi connectivity index (χ3n) is 3.76. The van der Waals surface area contributed by atoms with E-state index in [9.17, 15) is 9.59 Å². The lowest BCUT2D eigenvalue weighted by Gasteiger charge is -2.04. The molecule has 0 spiro atoms. The first kappa shape index (κ1) is 17.7. The molecule has 26 heavy (non-hydrogen) atoms. The van der Waals surface area contributed by atoms with Crippen molar-refractivity contribution in [1.82, 2.24) is 20.0 Å². The molecule has 0 fully saturated rings. The van der Waals surface area contributed by atoms with Gasteiger partial charge in [-0.2, -0.15) is 0 Å². The van der Waals surface area contributed by atoms with Gasteiger partial charge < -0.3 is 4.74 Å². The predicted octanol–water partition coefficient (Wildman–Crippen LogP) is 2.44. The van der Waals surface area contributed by atoms with Crippen LogP contribution in [0.3, 0.4) is 0 Å². The van der Waals surface area contributed by atoms with Gasteiger partial charge >= 0.3 is 5.97 Å². The number of aromatic nitrogens is 4. The first-order chi connectivity index (χ1) is 12.5. The number of amides is 1. The molecule has 0 aliphatic heterocycles. The second kappa shape index (κ2) is 7.44. The first-order valence-electron chi connectivity index (χ1n) is 7.80. The molecule has 0 aliphatic rings. The number of hydrogen-bond acceptors (Lipinski definition) is 7. The van der Waals surface area contributed by atoms with E-state index < -0.39 is 11.9 Å². The summed E-state index contributed by atoms with van der Waals surface area (Å²) < 4.78 is 6.36. The fourth-order valence-corrected chi connectivity index (χ4v) is 3.24. The van der Waals surface area contributed by atoms with Gasteiger partial charge in [0.2, 0.25) is 0 Å². The Hall–Kier alpha value is -3.07. The van der Waals surface area contributed by atoms with Crippen LogP contribution in [0.25, 0.3) is 0 Å². The summed E-state index contributed by atoms with van der Waals surface area (Å²) in [6.45, 7) is 3.99. The van der Waals surface area contributed by atoms with Crippen molar-refractivity contribution in [1.29, 1.82) is 0 Å². The van der Waals surface area contributed by atoms with Gasteiger partial charge in [-0.25, -0.2) is 14.5 Å². The van der Waals surface area contributed by atoms with Crippen molar-refractivity contribution >= 4 is 28.3 Å². The Morgan fingerprint density at radius 2 is 1.96 bits per heavy atom. The summed E-state index contributed by atoms with van der Waals surface area (Å²) in [5.74, 6) is -0.905. The Balaban J connectivity index is 1.76. The van der Waals surface area contributed by atoms with Gasteiger partial charge in [-0.05, 0) is 19.4 Å². The fourth-order valence-electron chi connectivity index (χ4n) is 2.36. The second-order valence-corrected chi connectivity index (χ2v) is 6.55. The zero-order chi connectivity index (χ0) is 18.7. The number of carbonyl (C=O) groups is 2. The number of benzene rings is 1. The highest BCUT2D eigenvalue weighted by atomic mass is 32.1. The predicted molar refractivity (Wildman–Crippen MR) is 96.4 cm³/mol. The van der Waals surface area contributed by atoms with E-state index in [4.69, 9.17) is 4.74 Å². The van der Waals surface area contributed by atoms with Crippen LogP contribution in [0.1, 0.15) is 37.1 Å². The molecule has 0 radical (unpaired) electrons. The first-order valence-corrected chi connectivity index (χ1v) is 8.62. The number of nitrogens with one attached hydrogen (secondary N) is 1. The van der Waals surface area contributed by atoms with Gasteiger partial charge in [0, 0.05) is 0 Å². The molecular weight excluding hydrogens is 354 g/mol. The van der Waals surface area contributed by atoms with Crippen LogP contribution in [-0.2, 0) is 11.3 Å². The van der Waals surface area contributed by atoms with E-state index in [1.54, 1.807) is 18.5 Å². The summed E-state index contributed by atoms with van der Waals surface area (Å²) in [7, 11) is 1.30. The van der Waals surface area contributed by atoms with Gasteiger partial charge in [0.1, 0.15) is 4.88 Å². The van der Waals surface area contributed by atoms with Crippen molar-refractivity contribution in [2.24, 2.45) is 0 Å². The molecule has 0 saturated heterocycles. The van der Waals surface area contributed by atoms with Crippen LogP contribution < -0.4 is 5.32 Å². The van der Waals surface area contributed by atoms with Crippen LogP contribution in [0, 0.1) is 13.8 Å². The quantitative estimate of drug-likeness (QED) is 0.692. The molecule has 1 amide bonds. The maximum absolute atomic E-state index is 12.5. The fraction of sp³-hybridized carbons (Fsp3) is 0.235. The van der Waals surface area contributed by atoms with Crippen LogP contribution in [0.2, 0.25) is 0 Å². The maximum atomic E-state index is 12.5. The number of esters is 1. The molecule has 3 aromatic rings. The van der Waals surface area contributed by atoms with Gasteiger partial charge in [0.15, 0.2) is 10.8 Å². The molecular formula is C17H17N5O3S. The number of rotatable bonds is 5. The van der Waals surface area contributed by atoms with Crippen molar-refractivity contribution in [3.8, 4) is 0 Å². The average Bonchev–Trinajstić information content (AvgIpc) is 3.18. The lowest BCUT2D eigenvalue weighted by Crippen LogP contribution is -2.14. The Morgan fingerprint density at radius 3 is 2.65 bits per heavy atom. The summed E-state index contributed by atoms with van der Waals surface area (Å²) in [5, 5.41) is 11.0. The highest BCUT2D eigenvalue weighted by Crippen LogP contribution is 2.23. The number of hydrogen-bond donors (Lipinski definition) is 1. The standard InChI is InChI=1S/C17H17N5O3S/c1-10-14(16(24)25-3)26-17(18-10)19-15(23)13-11(2)22(21-20-13)9-12-7-5-4-6-8-12/h4-8H,9H2,1-3H3,(H,18,19,23). The smallest absolute Gasteiger partial charge is 0.350 e. The number of carbonyl (C=O) groups excluding carboxylic acids is 2. The molecule has 0 bridgehead atoms. The highest BCUT2D eigenvalue weighted by Gasteiger charge is 2.21. The molecule has 0 saturated carbocycles. The van der Waals surface area contributed by atoms with Crippen LogP contribution in [0.5, 0.6) is 0 Å². The van der Waals surface area contributed by atoms with Crippen LogP contribution in [0.15, 0.2) is 30.3 Å². The number of ether oxygens (including phenoxy) is 1. The number of anilines is 1. The van der Waals surface area contributed by atoms with Crippen LogP contribution in [-0.4, -0.2) is 39.0 Å². The van der Waals surface area contributed by atoms with Crippen molar-refractivity contribution in [3.63, 3.8) is 0 Å². The van der Waals surface area contributed by atoms with Gasteiger partial charge in [-0.1, -0.05) is 46.9 Å². The molecule has 9 heteroatoms. The molecule has 2 heterocycles. The minimum atomic E-state index is -0.481. The van der Waals surface area contributed by atoms with E-state index in [0.717, 1.165) is 16.9 Å². The SMILES string of the molecule is COC(=O)c1sc(NC(=O)c2nnn(Cc3ccccc3)c2C)nc1C. The molecule has 0 aliphatic carbocycles. The number of nitrogens with zero attached hydrogens (tertiary/aromatic N) is 4. The summed E-state index contributed by atoms with van der Waals surface area (Å²) in [5.41, 5.74) is 2.42.